The Bertz CT molecular complexity index is 737. The van der Waals surface area contributed by atoms with E-state index in [1.54, 1.807) is 11.3 Å². The topological polar surface area (TPSA) is 55.0 Å². The Labute approximate surface area is 128 Å². The summed E-state index contributed by atoms with van der Waals surface area (Å²) in [6, 6.07) is 12.5. The fraction of sp³-hybridized carbons (Fsp3) is 0.250. The molecule has 4 nitrogen and oxygen atoms in total. The number of rotatable bonds is 4. The first-order valence-electron chi connectivity index (χ1n) is 6.96. The van der Waals surface area contributed by atoms with E-state index in [2.05, 4.69) is 46.2 Å². The standard InChI is InChI=1S/C16H18N4S/c1-11(2)20(10-12-6-5-9-21-12)15-13-7-3-4-8-14(13)18-16(17)19-15/h3-9,11H,10H2,1-2H3,(H2,17,18,19). The third-order valence-corrected chi connectivity index (χ3v) is 4.26. The summed E-state index contributed by atoms with van der Waals surface area (Å²) in [5, 5.41) is 3.14. The third kappa shape index (κ3) is 2.83. The number of aromatic nitrogens is 2. The molecule has 0 aliphatic rings. The summed E-state index contributed by atoms with van der Waals surface area (Å²) in [4.78, 5) is 12.4. The minimum atomic E-state index is 0.320. The summed E-state index contributed by atoms with van der Waals surface area (Å²) in [5.74, 6) is 1.22. The fourth-order valence-electron chi connectivity index (χ4n) is 2.37. The van der Waals surface area contributed by atoms with Crippen molar-refractivity contribution in [1.82, 2.24) is 9.97 Å². The molecule has 0 aliphatic carbocycles. The van der Waals surface area contributed by atoms with Gasteiger partial charge in [-0.15, -0.1) is 11.3 Å². The van der Waals surface area contributed by atoms with Crippen LogP contribution in [0.1, 0.15) is 18.7 Å². The van der Waals surface area contributed by atoms with Gasteiger partial charge in [-0.2, -0.15) is 4.98 Å². The van der Waals surface area contributed by atoms with E-state index in [9.17, 15) is 0 Å². The summed E-state index contributed by atoms with van der Waals surface area (Å²) in [6.07, 6.45) is 0. The van der Waals surface area contributed by atoms with Gasteiger partial charge in [0.2, 0.25) is 5.95 Å². The van der Waals surface area contributed by atoms with Crippen molar-refractivity contribution in [2.45, 2.75) is 26.4 Å². The first-order chi connectivity index (χ1) is 10.1. The zero-order valence-electron chi connectivity index (χ0n) is 12.2. The zero-order chi connectivity index (χ0) is 14.8. The summed E-state index contributed by atoms with van der Waals surface area (Å²) in [7, 11) is 0. The number of para-hydroxylation sites is 1. The SMILES string of the molecule is CC(C)N(Cc1cccs1)c1nc(N)nc2ccccc12. The van der Waals surface area contributed by atoms with Crippen molar-refractivity contribution in [3.05, 3.63) is 46.7 Å². The number of hydrogen-bond donors (Lipinski definition) is 1. The molecule has 5 heteroatoms. The van der Waals surface area contributed by atoms with Crippen LogP contribution in [0.25, 0.3) is 10.9 Å². The highest BCUT2D eigenvalue weighted by Gasteiger charge is 2.17. The number of thiophene rings is 1. The molecule has 0 fully saturated rings. The molecule has 3 rings (SSSR count). The van der Waals surface area contributed by atoms with Crippen LogP contribution in [0.4, 0.5) is 11.8 Å². The summed E-state index contributed by atoms with van der Waals surface area (Å²) >= 11 is 1.76. The summed E-state index contributed by atoms with van der Waals surface area (Å²) < 4.78 is 0. The highest BCUT2D eigenvalue weighted by molar-refractivity contribution is 7.09. The van der Waals surface area contributed by atoms with E-state index in [1.807, 2.05) is 24.3 Å². The molecule has 0 atom stereocenters. The second-order valence-electron chi connectivity index (χ2n) is 5.22. The first kappa shape index (κ1) is 13.8. The van der Waals surface area contributed by atoms with Gasteiger partial charge in [-0.3, -0.25) is 0 Å². The summed E-state index contributed by atoms with van der Waals surface area (Å²) in [5.41, 5.74) is 6.78. The molecule has 0 spiro atoms. The molecule has 2 aromatic heterocycles. The van der Waals surface area contributed by atoms with E-state index >= 15 is 0 Å². The molecule has 2 N–H and O–H groups in total. The molecule has 0 unspecified atom stereocenters. The van der Waals surface area contributed by atoms with Gasteiger partial charge in [0, 0.05) is 16.3 Å². The molecule has 0 saturated heterocycles. The molecule has 0 radical (unpaired) electrons. The second-order valence-corrected chi connectivity index (χ2v) is 6.26. The molecule has 0 amide bonds. The average molecular weight is 298 g/mol. The smallest absolute Gasteiger partial charge is 0.222 e. The maximum absolute atomic E-state index is 5.89. The molecule has 2 heterocycles. The fourth-order valence-corrected chi connectivity index (χ4v) is 3.07. The number of benzene rings is 1. The van der Waals surface area contributed by atoms with Gasteiger partial charge in [-0.05, 0) is 37.4 Å². The van der Waals surface area contributed by atoms with E-state index in [0.717, 1.165) is 23.3 Å². The van der Waals surface area contributed by atoms with Crippen LogP contribution < -0.4 is 10.6 Å². The van der Waals surface area contributed by atoms with Gasteiger partial charge >= 0.3 is 0 Å². The van der Waals surface area contributed by atoms with E-state index < -0.39 is 0 Å². The van der Waals surface area contributed by atoms with Gasteiger partial charge in [-0.1, -0.05) is 18.2 Å². The lowest BCUT2D eigenvalue weighted by Crippen LogP contribution is -2.31. The molecule has 21 heavy (non-hydrogen) atoms. The number of fused-ring (bicyclic) bond motifs is 1. The van der Waals surface area contributed by atoms with E-state index in [-0.39, 0.29) is 0 Å². The van der Waals surface area contributed by atoms with Crippen molar-refractivity contribution >= 4 is 34.0 Å². The Morgan fingerprint density at radius 2 is 1.95 bits per heavy atom. The first-order valence-corrected chi connectivity index (χ1v) is 7.84. The average Bonchev–Trinajstić information content (AvgIpc) is 2.96. The van der Waals surface area contributed by atoms with Crippen molar-refractivity contribution in [3.8, 4) is 0 Å². The molecular formula is C16H18N4S. The molecule has 108 valence electrons. The molecule has 0 saturated carbocycles. The van der Waals surface area contributed by atoms with E-state index in [4.69, 9.17) is 5.73 Å². The van der Waals surface area contributed by atoms with Crippen molar-refractivity contribution in [3.63, 3.8) is 0 Å². The van der Waals surface area contributed by atoms with Gasteiger partial charge in [0.15, 0.2) is 0 Å². The maximum Gasteiger partial charge on any atom is 0.222 e. The van der Waals surface area contributed by atoms with Crippen LogP contribution in [0, 0.1) is 0 Å². The van der Waals surface area contributed by atoms with E-state index in [0.29, 0.717) is 12.0 Å². The lowest BCUT2D eigenvalue weighted by molar-refractivity contribution is 0.680. The Balaban J connectivity index is 2.10. The van der Waals surface area contributed by atoms with Crippen LogP contribution >= 0.6 is 11.3 Å². The highest BCUT2D eigenvalue weighted by Crippen LogP contribution is 2.28. The largest absolute Gasteiger partial charge is 0.368 e. The second kappa shape index (κ2) is 5.69. The van der Waals surface area contributed by atoms with Crippen LogP contribution in [-0.4, -0.2) is 16.0 Å². The van der Waals surface area contributed by atoms with Gasteiger partial charge in [0.25, 0.3) is 0 Å². The Hall–Kier alpha value is -2.14. The normalized spacial score (nSPS) is 11.2. The number of nitrogens with zero attached hydrogens (tertiary/aromatic N) is 3. The maximum atomic E-state index is 5.89. The molecular weight excluding hydrogens is 280 g/mol. The predicted octanol–water partition coefficient (Wildman–Crippen LogP) is 3.69. The number of nitrogens with two attached hydrogens (primary N) is 1. The molecule has 3 aromatic rings. The number of nitrogen functional groups attached to an aromatic ring is 1. The molecule has 1 aromatic carbocycles. The lowest BCUT2D eigenvalue weighted by Gasteiger charge is -2.28. The van der Waals surface area contributed by atoms with Gasteiger partial charge in [0.1, 0.15) is 5.82 Å². The van der Waals surface area contributed by atoms with Gasteiger partial charge < -0.3 is 10.6 Å². The Morgan fingerprint density at radius 1 is 1.14 bits per heavy atom. The minimum absolute atomic E-state index is 0.320. The third-order valence-electron chi connectivity index (χ3n) is 3.40. The quantitative estimate of drug-likeness (QED) is 0.798. The van der Waals surface area contributed by atoms with Crippen LogP contribution in [0.3, 0.4) is 0 Å². The van der Waals surface area contributed by atoms with E-state index in [1.165, 1.54) is 4.88 Å². The van der Waals surface area contributed by atoms with Crippen molar-refractivity contribution in [2.75, 3.05) is 10.6 Å². The van der Waals surface area contributed by atoms with Crippen molar-refractivity contribution in [1.29, 1.82) is 0 Å². The predicted molar refractivity (Wildman–Crippen MR) is 89.6 cm³/mol. The minimum Gasteiger partial charge on any atom is -0.368 e. The lowest BCUT2D eigenvalue weighted by atomic mass is 10.2. The summed E-state index contributed by atoms with van der Waals surface area (Å²) in [6.45, 7) is 5.16. The highest BCUT2D eigenvalue weighted by atomic mass is 32.1. The molecule has 0 bridgehead atoms. The van der Waals surface area contributed by atoms with Crippen molar-refractivity contribution in [2.24, 2.45) is 0 Å². The Morgan fingerprint density at radius 3 is 2.67 bits per heavy atom. The van der Waals surface area contributed by atoms with Crippen LogP contribution in [0.2, 0.25) is 0 Å². The zero-order valence-corrected chi connectivity index (χ0v) is 13.0. The van der Waals surface area contributed by atoms with Crippen molar-refractivity contribution < 1.29 is 0 Å². The number of hydrogen-bond acceptors (Lipinski definition) is 5. The Kier molecular flexibility index (Phi) is 3.75. The van der Waals surface area contributed by atoms with Crippen LogP contribution in [-0.2, 0) is 6.54 Å². The van der Waals surface area contributed by atoms with Gasteiger partial charge in [-0.25, -0.2) is 4.98 Å². The van der Waals surface area contributed by atoms with Gasteiger partial charge in [0.05, 0.1) is 12.1 Å². The van der Waals surface area contributed by atoms with Crippen LogP contribution in [0.15, 0.2) is 41.8 Å². The monoisotopic (exact) mass is 298 g/mol. The molecule has 0 aliphatic heterocycles. The number of anilines is 2. The van der Waals surface area contributed by atoms with Crippen LogP contribution in [0.5, 0.6) is 0 Å².